The van der Waals surface area contributed by atoms with Gasteiger partial charge in [0.2, 0.25) is 0 Å². The van der Waals surface area contributed by atoms with E-state index in [1.807, 2.05) is 0 Å². The third-order valence-corrected chi connectivity index (χ3v) is 1.74. The maximum absolute atomic E-state index is 11.4. The Labute approximate surface area is 98.7 Å². The standard InChI is InChI=1S/C10H15N3O4/c1-6(14)4-12-5-8(3-11)9(15)13-7(2)10(16)17/h5-7,12,14H,4H2,1-2H3,(H,13,15)(H,16,17)/b8-5-. The van der Waals surface area contributed by atoms with Gasteiger partial charge in [-0.2, -0.15) is 5.26 Å². The van der Waals surface area contributed by atoms with E-state index >= 15 is 0 Å². The number of hydrogen-bond donors (Lipinski definition) is 4. The van der Waals surface area contributed by atoms with Gasteiger partial charge in [0, 0.05) is 12.7 Å². The van der Waals surface area contributed by atoms with Crippen LogP contribution in [-0.4, -0.2) is 40.8 Å². The van der Waals surface area contributed by atoms with E-state index in [4.69, 9.17) is 15.5 Å². The predicted octanol–water partition coefficient (Wildman–Crippen LogP) is -1.05. The minimum atomic E-state index is -1.19. The summed E-state index contributed by atoms with van der Waals surface area (Å²) >= 11 is 0. The molecule has 7 heteroatoms. The summed E-state index contributed by atoms with van der Waals surface area (Å²) in [7, 11) is 0. The average Bonchev–Trinajstić information content (AvgIpc) is 2.23. The van der Waals surface area contributed by atoms with Gasteiger partial charge in [-0.05, 0) is 13.8 Å². The van der Waals surface area contributed by atoms with Crippen LogP contribution >= 0.6 is 0 Å². The lowest BCUT2D eigenvalue weighted by molar-refractivity contribution is -0.140. The van der Waals surface area contributed by atoms with E-state index in [1.165, 1.54) is 6.92 Å². The number of nitrogens with zero attached hydrogens (tertiary/aromatic N) is 1. The molecule has 0 spiro atoms. The maximum Gasteiger partial charge on any atom is 0.325 e. The molecule has 0 heterocycles. The van der Waals surface area contributed by atoms with Crippen LogP contribution in [0.2, 0.25) is 0 Å². The lowest BCUT2D eigenvalue weighted by atomic mass is 10.2. The molecule has 0 saturated carbocycles. The van der Waals surface area contributed by atoms with Gasteiger partial charge in [-0.15, -0.1) is 0 Å². The first-order chi connectivity index (χ1) is 7.88. The zero-order valence-corrected chi connectivity index (χ0v) is 9.60. The molecule has 94 valence electrons. The molecule has 0 aromatic carbocycles. The van der Waals surface area contributed by atoms with Crippen molar-refractivity contribution in [2.75, 3.05) is 6.54 Å². The first-order valence-corrected chi connectivity index (χ1v) is 4.93. The van der Waals surface area contributed by atoms with Crippen LogP contribution in [0.25, 0.3) is 0 Å². The number of amides is 1. The Morgan fingerprint density at radius 3 is 2.47 bits per heavy atom. The number of carbonyl (C=O) groups is 2. The highest BCUT2D eigenvalue weighted by molar-refractivity contribution is 5.98. The SMILES string of the molecule is CC(O)CN/C=C(/C#N)C(=O)NC(C)C(=O)O. The van der Waals surface area contributed by atoms with Gasteiger partial charge in [0.1, 0.15) is 17.7 Å². The second-order valence-corrected chi connectivity index (χ2v) is 3.46. The highest BCUT2D eigenvalue weighted by Gasteiger charge is 2.16. The summed E-state index contributed by atoms with van der Waals surface area (Å²) in [4.78, 5) is 21.9. The first kappa shape index (κ1) is 14.9. The Balaban J connectivity index is 4.41. The molecule has 0 radical (unpaired) electrons. The fraction of sp³-hybridized carbons (Fsp3) is 0.500. The number of carboxylic acids is 1. The van der Waals surface area contributed by atoms with E-state index in [0.29, 0.717) is 0 Å². The third kappa shape index (κ3) is 6.17. The van der Waals surface area contributed by atoms with E-state index in [0.717, 1.165) is 6.20 Å². The second kappa shape index (κ2) is 7.24. The van der Waals surface area contributed by atoms with E-state index in [9.17, 15) is 9.59 Å². The number of nitrogens with one attached hydrogen (secondary N) is 2. The van der Waals surface area contributed by atoms with Crippen molar-refractivity contribution in [2.24, 2.45) is 0 Å². The molecule has 0 saturated heterocycles. The zero-order valence-electron chi connectivity index (χ0n) is 9.60. The molecule has 2 atom stereocenters. The van der Waals surface area contributed by atoms with Crippen LogP contribution in [0.4, 0.5) is 0 Å². The van der Waals surface area contributed by atoms with Crippen LogP contribution in [0.3, 0.4) is 0 Å². The van der Waals surface area contributed by atoms with E-state index in [1.54, 1.807) is 13.0 Å². The molecular formula is C10H15N3O4. The average molecular weight is 241 g/mol. The summed E-state index contributed by atoms with van der Waals surface area (Å²) < 4.78 is 0. The molecule has 17 heavy (non-hydrogen) atoms. The Morgan fingerprint density at radius 2 is 2.06 bits per heavy atom. The molecule has 1 amide bonds. The Bertz CT molecular complexity index is 357. The van der Waals surface area contributed by atoms with Crippen molar-refractivity contribution in [1.29, 1.82) is 5.26 Å². The normalized spacial score (nSPS) is 14.4. The first-order valence-electron chi connectivity index (χ1n) is 4.93. The predicted molar refractivity (Wildman–Crippen MR) is 58.6 cm³/mol. The Morgan fingerprint density at radius 1 is 1.47 bits per heavy atom. The van der Waals surface area contributed by atoms with E-state index < -0.39 is 24.0 Å². The van der Waals surface area contributed by atoms with Crippen molar-refractivity contribution in [3.63, 3.8) is 0 Å². The molecule has 0 aliphatic rings. The van der Waals surface area contributed by atoms with Crippen LogP contribution in [0, 0.1) is 11.3 Å². The molecule has 0 rings (SSSR count). The minimum absolute atomic E-state index is 0.187. The number of carboxylic acid groups (broad SMARTS) is 1. The number of rotatable bonds is 6. The highest BCUT2D eigenvalue weighted by atomic mass is 16.4. The molecule has 2 unspecified atom stereocenters. The summed E-state index contributed by atoms with van der Waals surface area (Å²) in [6, 6.07) is 0.559. The largest absolute Gasteiger partial charge is 0.480 e. The summed E-state index contributed by atoms with van der Waals surface area (Å²) in [5, 5.41) is 30.9. The van der Waals surface area contributed by atoms with Crippen molar-refractivity contribution < 1.29 is 19.8 Å². The van der Waals surface area contributed by atoms with Crippen molar-refractivity contribution in [3.05, 3.63) is 11.8 Å². The monoisotopic (exact) mass is 241 g/mol. The van der Waals surface area contributed by atoms with Crippen molar-refractivity contribution in [2.45, 2.75) is 26.0 Å². The third-order valence-electron chi connectivity index (χ3n) is 1.74. The van der Waals surface area contributed by atoms with Gasteiger partial charge >= 0.3 is 5.97 Å². The van der Waals surface area contributed by atoms with Gasteiger partial charge in [-0.3, -0.25) is 9.59 Å². The van der Waals surface area contributed by atoms with E-state index in [2.05, 4.69) is 10.6 Å². The molecule has 0 aliphatic heterocycles. The number of aliphatic carboxylic acids is 1. The number of aliphatic hydroxyl groups excluding tert-OH is 1. The van der Waals surface area contributed by atoms with Crippen LogP contribution < -0.4 is 10.6 Å². The van der Waals surface area contributed by atoms with Gasteiger partial charge in [-0.1, -0.05) is 0 Å². The summed E-state index contributed by atoms with van der Waals surface area (Å²) in [5.41, 5.74) is -0.251. The Hall–Kier alpha value is -2.07. The molecule has 0 bridgehead atoms. The van der Waals surface area contributed by atoms with Crippen molar-refractivity contribution >= 4 is 11.9 Å². The fourth-order valence-electron chi connectivity index (χ4n) is 0.816. The molecule has 7 nitrogen and oxygen atoms in total. The molecule has 4 N–H and O–H groups in total. The minimum Gasteiger partial charge on any atom is -0.480 e. The van der Waals surface area contributed by atoms with Crippen molar-refractivity contribution in [3.8, 4) is 6.07 Å². The topological polar surface area (TPSA) is 122 Å². The lowest BCUT2D eigenvalue weighted by Gasteiger charge is -2.08. The number of nitriles is 1. The summed E-state index contributed by atoms with van der Waals surface area (Å²) in [6.07, 6.45) is 0.517. The van der Waals surface area contributed by atoms with E-state index in [-0.39, 0.29) is 12.1 Å². The molecule has 0 aliphatic carbocycles. The lowest BCUT2D eigenvalue weighted by Crippen LogP contribution is -2.39. The van der Waals surface area contributed by atoms with Gasteiger partial charge in [-0.25, -0.2) is 0 Å². The van der Waals surface area contributed by atoms with Crippen LogP contribution in [0.5, 0.6) is 0 Å². The molecule has 0 aromatic rings. The van der Waals surface area contributed by atoms with Gasteiger partial charge in [0.15, 0.2) is 0 Å². The van der Waals surface area contributed by atoms with Gasteiger partial charge in [0.25, 0.3) is 5.91 Å². The summed E-state index contributed by atoms with van der Waals surface area (Å²) in [5.74, 6) is -1.96. The zero-order chi connectivity index (χ0) is 13.4. The fourth-order valence-corrected chi connectivity index (χ4v) is 0.816. The van der Waals surface area contributed by atoms with Crippen LogP contribution in [0.15, 0.2) is 11.8 Å². The van der Waals surface area contributed by atoms with Crippen molar-refractivity contribution in [1.82, 2.24) is 10.6 Å². The maximum atomic E-state index is 11.4. The van der Waals surface area contributed by atoms with Crippen LogP contribution in [-0.2, 0) is 9.59 Å². The van der Waals surface area contributed by atoms with Gasteiger partial charge < -0.3 is 20.8 Å². The quantitative estimate of drug-likeness (QED) is 0.348. The number of aliphatic hydroxyl groups is 1. The summed E-state index contributed by atoms with van der Waals surface area (Å²) in [6.45, 7) is 3.02. The number of hydrogen-bond acceptors (Lipinski definition) is 5. The molecular weight excluding hydrogens is 226 g/mol. The van der Waals surface area contributed by atoms with Crippen LogP contribution in [0.1, 0.15) is 13.8 Å². The Kier molecular flexibility index (Phi) is 6.36. The smallest absolute Gasteiger partial charge is 0.325 e. The number of carbonyl (C=O) groups excluding carboxylic acids is 1. The second-order valence-electron chi connectivity index (χ2n) is 3.46. The molecule has 0 fully saturated rings. The van der Waals surface area contributed by atoms with Gasteiger partial charge in [0.05, 0.1) is 6.10 Å². The highest BCUT2D eigenvalue weighted by Crippen LogP contribution is 1.93. The molecule has 0 aromatic heterocycles.